The topological polar surface area (TPSA) is 55.4 Å². The van der Waals surface area contributed by atoms with Gasteiger partial charge in [-0.2, -0.15) is 0 Å². The van der Waals surface area contributed by atoms with Gasteiger partial charge in [-0.25, -0.2) is 4.79 Å². The zero-order valence-electron chi connectivity index (χ0n) is 6.96. The predicted octanol–water partition coefficient (Wildman–Crippen LogP) is 0.913. The van der Waals surface area contributed by atoms with Gasteiger partial charge in [-0.05, 0) is 12.8 Å². The average Bonchev–Trinajstić information content (AvgIpc) is 1.87. The van der Waals surface area contributed by atoms with E-state index in [1.807, 2.05) is 20.8 Å². The number of rotatable bonds is 3. The standard InChI is InChI=1S/C7H13NO3/c1-5(2)6(3)8-7(10)11-4-9/h4-6H,1-3H3,(H,8,10). The Hall–Kier alpha value is -1.06. The van der Waals surface area contributed by atoms with Crippen molar-refractivity contribution in [1.29, 1.82) is 0 Å². The van der Waals surface area contributed by atoms with Crippen LogP contribution in [0.3, 0.4) is 0 Å². The molecule has 4 nitrogen and oxygen atoms in total. The second-order valence-corrected chi connectivity index (χ2v) is 2.68. The first-order valence-electron chi connectivity index (χ1n) is 3.48. The van der Waals surface area contributed by atoms with Gasteiger partial charge >= 0.3 is 12.6 Å². The van der Waals surface area contributed by atoms with E-state index in [9.17, 15) is 9.59 Å². The van der Waals surface area contributed by atoms with Crippen LogP contribution in [0.15, 0.2) is 0 Å². The fourth-order valence-corrected chi connectivity index (χ4v) is 0.430. The van der Waals surface area contributed by atoms with E-state index in [4.69, 9.17) is 0 Å². The molecule has 1 unspecified atom stereocenters. The predicted molar refractivity (Wildman–Crippen MR) is 40.0 cm³/mol. The van der Waals surface area contributed by atoms with Crippen LogP contribution in [0, 0.1) is 5.92 Å². The highest BCUT2D eigenvalue weighted by atomic mass is 16.6. The van der Waals surface area contributed by atoms with Crippen LogP contribution in [-0.2, 0) is 9.53 Å². The van der Waals surface area contributed by atoms with Gasteiger partial charge in [0.25, 0.3) is 0 Å². The van der Waals surface area contributed by atoms with E-state index in [2.05, 4.69) is 10.1 Å². The molecule has 0 rings (SSSR count). The van der Waals surface area contributed by atoms with Crippen molar-refractivity contribution in [3.63, 3.8) is 0 Å². The summed E-state index contributed by atoms with van der Waals surface area (Å²) in [6, 6.07) is 0.0162. The van der Waals surface area contributed by atoms with Gasteiger partial charge in [0.2, 0.25) is 0 Å². The summed E-state index contributed by atoms with van der Waals surface area (Å²) in [5, 5.41) is 2.49. The number of ether oxygens (including phenoxy) is 1. The molecule has 0 aliphatic carbocycles. The van der Waals surface area contributed by atoms with Gasteiger partial charge in [-0.15, -0.1) is 0 Å². The van der Waals surface area contributed by atoms with Gasteiger partial charge in [0, 0.05) is 6.04 Å². The Morgan fingerprint density at radius 1 is 1.45 bits per heavy atom. The molecule has 11 heavy (non-hydrogen) atoms. The first kappa shape index (κ1) is 9.94. The first-order chi connectivity index (χ1) is 5.07. The van der Waals surface area contributed by atoms with Crippen LogP contribution < -0.4 is 5.32 Å². The van der Waals surface area contributed by atoms with Crippen molar-refractivity contribution in [3.8, 4) is 0 Å². The van der Waals surface area contributed by atoms with Crippen LogP contribution in [0.4, 0.5) is 4.79 Å². The molecule has 0 saturated carbocycles. The Labute approximate surface area is 65.9 Å². The monoisotopic (exact) mass is 159 g/mol. The summed E-state index contributed by atoms with van der Waals surface area (Å²) in [6.07, 6.45) is -0.693. The second kappa shape index (κ2) is 4.71. The number of amides is 1. The molecular formula is C7H13NO3. The number of carbonyl (C=O) groups excluding carboxylic acids is 2. The number of hydrogen-bond acceptors (Lipinski definition) is 3. The van der Waals surface area contributed by atoms with Crippen molar-refractivity contribution in [2.45, 2.75) is 26.8 Å². The van der Waals surface area contributed by atoms with Crippen molar-refractivity contribution in [3.05, 3.63) is 0 Å². The Bertz CT molecular complexity index is 145. The molecule has 4 heteroatoms. The minimum absolute atomic E-state index is 0.0162. The molecule has 0 aromatic carbocycles. The molecule has 1 atom stereocenters. The van der Waals surface area contributed by atoms with Crippen molar-refractivity contribution in [1.82, 2.24) is 5.32 Å². The van der Waals surface area contributed by atoms with Crippen LogP contribution in [0.25, 0.3) is 0 Å². The molecule has 0 radical (unpaired) electrons. The minimum Gasteiger partial charge on any atom is -0.379 e. The highest BCUT2D eigenvalue weighted by Crippen LogP contribution is 1.99. The normalized spacial score (nSPS) is 12.4. The maximum Gasteiger partial charge on any atom is 0.414 e. The molecule has 0 aromatic heterocycles. The lowest BCUT2D eigenvalue weighted by Gasteiger charge is -2.15. The van der Waals surface area contributed by atoms with E-state index in [-0.39, 0.29) is 12.5 Å². The fourth-order valence-electron chi connectivity index (χ4n) is 0.430. The fraction of sp³-hybridized carbons (Fsp3) is 0.714. The van der Waals surface area contributed by atoms with Crippen molar-refractivity contribution in [2.24, 2.45) is 5.92 Å². The maximum atomic E-state index is 10.6. The van der Waals surface area contributed by atoms with Gasteiger partial charge in [0.15, 0.2) is 0 Å². The third-order valence-corrected chi connectivity index (χ3v) is 1.50. The molecule has 0 bridgehead atoms. The third kappa shape index (κ3) is 4.36. The van der Waals surface area contributed by atoms with Crippen molar-refractivity contribution in [2.75, 3.05) is 0 Å². The Morgan fingerprint density at radius 3 is 2.36 bits per heavy atom. The highest BCUT2D eigenvalue weighted by Gasteiger charge is 2.10. The van der Waals surface area contributed by atoms with E-state index in [1.165, 1.54) is 0 Å². The summed E-state index contributed by atoms with van der Waals surface area (Å²) in [7, 11) is 0. The summed E-state index contributed by atoms with van der Waals surface area (Å²) >= 11 is 0. The summed E-state index contributed by atoms with van der Waals surface area (Å²) in [5.74, 6) is 0.328. The smallest absolute Gasteiger partial charge is 0.379 e. The Morgan fingerprint density at radius 2 is 2.00 bits per heavy atom. The number of alkyl carbamates (subject to hydrolysis) is 1. The average molecular weight is 159 g/mol. The Balaban J connectivity index is 3.65. The van der Waals surface area contributed by atoms with Gasteiger partial charge in [0.1, 0.15) is 0 Å². The zero-order valence-corrected chi connectivity index (χ0v) is 6.96. The van der Waals surface area contributed by atoms with Gasteiger partial charge in [0.05, 0.1) is 0 Å². The molecule has 0 aliphatic rings. The van der Waals surface area contributed by atoms with E-state index in [0.29, 0.717) is 5.92 Å². The quantitative estimate of drug-likeness (QED) is 0.492. The second-order valence-electron chi connectivity index (χ2n) is 2.68. The SMILES string of the molecule is CC(C)C(C)NC(=O)OC=O. The lowest BCUT2D eigenvalue weighted by molar-refractivity contribution is -0.123. The van der Waals surface area contributed by atoms with Gasteiger partial charge in [-0.1, -0.05) is 13.8 Å². The summed E-state index contributed by atoms with van der Waals surface area (Å²) in [6.45, 7) is 5.89. The largest absolute Gasteiger partial charge is 0.414 e. The van der Waals surface area contributed by atoms with Crippen molar-refractivity contribution < 1.29 is 14.3 Å². The molecule has 1 amide bonds. The molecule has 0 fully saturated rings. The van der Waals surface area contributed by atoms with E-state index in [1.54, 1.807) is 0 Å². The van der Waals surface area contributed by atoms with E-state index >= 15 is 0 Å². The zero-order chi connectivity index (χ0) is 8.85. The van der Waals surface area contributed by atoms with E-state index < -0.39 is 6.09 Å². The van der Waals surface area contributed by atoms with Crippen LogP contribution in [0.1, 0.15) is 20.8 Å². The van der Waals surface area contributed by atoms with Crippen LogP contribution in [0.2, 0.25) is 0 Å². The molecule has 0 saturated heterocycles. The third-order valence-electron chi connectivity index (χ3n) is 1.50. The van der Waals surface area contributed by atoms with Gasteiger partial charge < -0.3 is 10.1 Å². The van der Waals surface area contributed by atoms with E-state index in [0.717, 1.165) is 0 Å². The highest BCUT2D eigenvalue weighted by molar-refractivity contribution is 5.74. The van der Waals surface area contributed by atoms with Crippen LogP contribution in [-0.4, -0.2) is 18.6 Å². The Kier molecular flexibility index (Phi) is 4.26. The number of nitrogens with one attached hydrogen (secondary N) is 1. The molecule has 0 heterocycles. The van der Waals surface area contributed by atoms with Gasteiger partial charge in [-0.3, -0.25) is 4.79 Å². The van der Waals surface area contributed by atoms with Crippen LogP contribution in [0.5, 0.6) is 0 Å². The van der Waals surface area contributed by atoms with Crippen LogP contribution >= 0.6 is 0 Å². The molecule has 0 aliphatic heterocycles. The molecule has 64 valence electrons. The molecule has 0 spiro atoms. The lowest BCUT2D eigenvalue weighted by Crippen LogP contribution is -2.36. The summed E-state index contributed by atoms with van der Waals surface area (Å²) in [5.41, 5.74) is 0. The van der Waals surface area contributed by atoms with Crippen molar-refractivity contribution >= 4 is 12.6 Å². The lowest BCUT2D eigenvalue weighted by atomic mass is 10.1. The molecule has 0 aromatic rings. The first-order valence-corrected chi connectivity index (χ1v) is 3.48. The number of hydrogen-bond donors (Lipinski definition) is 1. The summed E-state index contributed by atoms with van der Waals surface area (Å²) in [4.78, 5) is 20.3. The molecule has 1 N–H and O–H groups in total. The minimum atomic E-state index is -0.693. The number of carbonyl (C=O) groups is 2. The summed E-state index contributed by atoms with van der Waals surface area (Å²) < 4.78 is 4.03. The maximum absolute atomic E-state index is 10.6. The molecular weight excluding hydrogens is 146 g/mol.